The monoisotopic (exact) mass is 303 g/mol. The number of fused-ring (bicyclic) bond motifs is 1. The number of rotatable bonds is 3. The molecule has 1 unspecified atom stereocenters. The van der Waals surface area contributed by atoms with E-state index in [4.69, 9.17) is 21.1 Å². The van der Waals surface area contributed by atoms with Crippen LogP contribution in [-0.2, 0) is 0 Å². The minimum Gasteiger partial charge on any atom is -0.454 e. The van der Waals surface area contributed by atoms with Crippen LogP contribution < -0.4 is 14.8 Å². The number of aryl methyl sites for hydroxylation is 2. The van der Waals surface area contributed by atoms with Gasteiger partial charge in [0, 0.05) is 18.2 Å². The summed E-state index contributed by atoms with van der Waals surface area (Å²) in [5, 5.41) is 4.09. The first kappa shape index (κ1) is 14.1. The highest BCUT2D eigenvalue weighted by Crippen LogP contribution is 2.40. The van der Waals surface area contributed by atoms with Gasteiger partial charge in [-0.15, -0.1) is 0 Å². The SMILES string of the molecule is Cc1ccc(C)c(C(C)Nc2cc3c(cc2Cl)OCO3)c1. The highest BCUT2D eigenvalue weighted by Gasteiger charge is 2.18. The molecule has 0 aliphatic carbocycles. The molecular formula is C17H18ClNO2. The van der Waals surface area contributed by atoms with Gasteiger partial charge in [-0.25, -0.2) is 0 Å². The lowest BCUT2D eigenvalue weighted by Gasteiger charge is -2.19. The van der Waals surface area contributed by atoms with Crippen LogP contribution in [0.25, 0.3) is 0 Å². The van der Waals surface area contributed by atoms with Crippen molar-refractivity contribution in [3.63, 3.8) is 0 Å². The molecule has 110 valence electrons. The van der Waals surface area contributed by atoms with Crippen LogP contribution in [0, 0.1) is 13.8 Å². The van der Waals surface area contributed by atoms with Crippen molar-refractivity contribution in [1.29, 1.82) is 0 Å². The second-order valence-corrected chi connectivity index (χ2v) is 5.82. The minimum atomic E-state index is 0.155. The molecule has 0 amide bonds. The van der Waals surface area contributed by atoms with Crippen molar-refractivity contribution in [1.82, 2.24) is 0 Å². The number of nitrogens with one attached hydrogen (secondary N) is 1. The number of halogens is 1. The first-order chi connectivity index (χ1) is 10.0. The van der Waals surface area contributed by atoms with Crippen molar-refractivity contribution < 1.29 is 9.47 Å². The fourth-order valence-electron chi connectivity index (χ4n) is 2.57. The molecule has 1 atom stereocenters. The lowest BCUT2D eigenvalue weighted by molar-refractivity contribution is 0.174. The van der Waals surface area contributed by atoms with Crippen molar-refractivity contribution in [2.45, 2.75) is 26.8 Å². The number of ether oxygens (including phenoxy) is 2. The maximum Gasteiger partial charge on any atom is 0.231 e. The molecule has 1 heterocycles. The van der Waals surface area contributed by atoms with Gasteiger partial charge in [0.25, 0.3) is 0 Å². The Labute approximate surface area is 129 Å². The molecule has 1 aliphatic rings. The predicted molar refractivity (Wildman–Crippen MR) is 85.5 cm³/mol. The first-order valence-electron chi connectivity index (χ1n) is 6.97. The third-order valence-electron chi connectivity index (χ3n) is 3.74. The summed E-state index contributed by atoms with van der Waals surface area (Å²) in [7, 11) is 0. The summed E-state index contributed by atoms with van der Waals surface area (Å²) in [5.74, 6) is 1.43. The lowest BCUT2D eigenvalue weighted by atomic mass is 10.00. The quantitative estimate of drug-likeness (QED) is 0.878. The Hall–Kier alpha value is -1.87. The molecule has 0 radical (unpaired) electrons. The van der Waals surface area contributed by atoms with Gasteiger partial charge < -0.3 is 14.8 Å². The highest BCUT2D eigenvalue weighted by molar-refractivity contribution is 6.33. The highest BCUT2D eigenvalue weighted by atomic mass is 35.5. The van der Waals surface area contributed by atoms with E-state index in [0.717, 1.165) is 11.4 Å². The summed E-state index contributed by atoms with van der Waals surface area (Å²) in [5.41, 5.74) is 4.64. The van der Waals surface area contributed by atoms with Gasteiger partial charge in [-0.3, -0.25) is 0 Å². The lowest BCUT2D eigenvalue weighted by Crippen LogP contribution is -2.09. The summed E-state index contributed by atoms with van der Waals surface area (Å²) in [6, 6.07) is 10.3. The molecule has 0 fully saturated rings. The zero-order valence-corrected chi connectivity index (χ0v) is 13.1. The van der Waals surface area contributed by atoms with E-state index in [-0.39, 0.29) is 12.8 Å². The van der Waals surface area contributed by atoms with Crippen LogP contribution in [0.4, 0.5) is 5.69 Å². The van der Waals surface area contributed by atoms with Crippen LogP contribution in [0.15, 0.2) is 30.3 Å². The molecule has 0 spiro atoms. The number of hydrogen-bond acceptors (Lipinski definition) is 3. The van der Waals surface area contributed by atoms with Crippen molar-refractivity contribution in [2.75, 3.05) is 12.1 Å². The summed E-state index contributed by atoms with van der Waals surface area (Å²) in [6.07, 6.45) is 0. The second-order valence-electron chi connectivity index (χ2n) is 5.41. The molecule has 2 aromatic rings. The maximum atomic E-state index is 6.31. The van der Waals surface area contributed by atoms with Crippen LogP contribution in [0.3, 0.4) is 0 Å². The fourth-order valence-corrected chi connectivity index (χ4v) is 2.77. The molecule has 3 rings (SSSR count). The summed E-state index contributed by atoms with van der Waals surface area (Å²) >= 11 is 6.31. The molecule has 0 aromatic heterocycles. The van der Waals surface area contributed by atoms with E-state index in [1.165, 1.54) is 16.7 Å². The predicted octanol–water partition coefficient (Wildman–Crippen LogP) is 4.86. The number of benzene rings is 2. The van der Waals surface area contributed by atoms with Gasteiger partial charge in [0.1, 0.15) is 0 Å². The van der Waals surface area contributed by atoms with Crippen LogP contribution >= 0.6 is 11.6 Å². The van der Waals surface area contributed by atoms with E-state index in [0.29, 0.717) is 10.8 Å². The Morgan fingerprint density at radius 3 is 2.57 bits per heavy atom. The van der Waals surface area contributed by atoms with Gasteiger partial charge in [-0.2, -0.15) is 0 Å². The van der Waals surface area contributed by atoms with Crippen LogP contribution in [0.2, 0.25) is 5.02 Å². The van der Waals surface area contributed by atoms with Gasteiger partial charge in [-0.1, -0.05) is 35.4 Å². The van der Waals surface area contributed by atoms with Crippen molar-refractivity contribution in [3.8, 4) is 11.5 Å². The van der Waals surface area contributed by atoms with E-state index >= 15 is 0 Å². The second kappa shape index (κ2) is 5.49. The molecule has 1 aliphatic heterocycles. The zero-order valence-electron chi connectivity index (χ0n) is 12.4. The molecule has 0 saturated heterocycles. The molecule has 1 N–H and O–H groups in total. The molecular weight excluding hydrogens is 286 g/mol. The Morgan fingerprint density at radius 2 is 1.81 bits per heavy atom. The van der Waals surface area contributed by atoms with Crippen molar-refractivity contribution in [3.05, 3.63) is 52.0 Å². The van der Waals surface area contributed by atoms with E-state index in [1.54, 1.807) is 6.07 Å². The number of anilines is 1. The normalized spacial score (nSPS) is 14.1. The summed E-state index contributed by atoms with van der Waals surface area (Å²) in [4.78, 5) is 0. The largest absolute Gasteiger partial charge is 0.454 e. The third-order valence-corrected chi connectivity index (χ3v) is 4.05. The summed E-state index contributed by atoms with van der Waals surface area (Å²) < 4.78 is 10.7. The van der Waals surface area contributed by atoms with E-state index in [2.05, 4.69) is 44.3 Å². The average molecular weight is 304 g/mol. The van der Waals surface area contributed by atoms with Gasteiger partial charge in [-0.05, 0) is 31.9 Å². The van der Waals surface area contributed by atoms with Crippen LogP contribution in [0.1, 0.15) is 29.7 Å². The minimum absolute atomic E-state index is 0.155. The topological polar surface area (TPSA) is 30.5 Å². The van der Waals surface area contributed by atoms with Crippen molar-refractivity contribution >= 4 is 17.3 Å². The molecule has 2 aromatic carbocycles. The maximum absolute atomic E-state index is 6.31. The smallest absolute Gasteiger partial charge is 0.231 e. The average Bonchev–Trinajstić information content (AvgIpc) is 2.88. The summed E-state index contributed by atoms with van der Waals surface area (Å²) in [6.45, 7) is 6.60. The zero-order chi connectivity index (χ0) is 15.0. The van der Waals surface area contributed by atoms with Gasteiger partial charge in [0.05, 0.1) is 10.7 Å². The standard InChI is InChI=1S/C17H18ClNO2/c1-10-4-5-11(2)13(6-10)12(3)19-15-8-17-16(7-14(15)18)20-9-21-17/h4-8,12,19H,9H2,1-3H3. The Balaban J connectivity index is 1.88. The fraction of sp³-hybridized carbons (Fsp3) is 0.294. The molecule has 3 nitrogen and oxygen atoms in total. The first-order valence-corrected chi connectivity index (χ1v) is 7.35. The van der Waals surface area contributed by atoms with Crippen LogP contribution in [-0.4, -0.2) is 6.79 Å². The van der Waals surface area contributed by atoms with Crippen LogP contribution in [0.5, 0.6) is 11.5 Å². The van der Waals surface area contributed by atoms with Gasteiger partial charge in [0.2, 0.25) is 6.79 Å². The van der Waals surface area contributed by atoms with Crippen molar-refractivity contribution in [2.24, 2.45) is 0 Å². The molecule has 4 heteroatoms. The number of hydrogen-bond donors (Lipinski definition) is 1. The van der Waals surface area contributed by atoms with E-state index in [1.807, 2.05) is 6.07 Å². The molecule has 21 heavy (non-hydrogen) atoms. The van der Waals surface area contributed by atoms with Gasteiger partial charge >= 0.3 is 0 Å². The Kier molecular flexibility index (Phi) is 3.68. The van der Waals surface area contributed by atoms with E-state index in [9.17, 15) is 0 Å². The van der Waals surface area contributed by atoms with Gasteiger partial charge in [0.15, 0.2) is 11.5 Å². The Bertz CT molecular complexity index is 685. The van der Waals surface area contributed by atoms with E-state index < -0.39 is 0 Å². The third kappa shape index (κ3) is 2.79. The molecule has 0 saturated carbocycles. The molecule has 0 bridgehead atoms. The Morgan fingerprint density at radius 1 is 1.10 bits per heavy atom.